The van der Waals surface area contributed by atoms with Crippen LogP contribution < -0.4 is 0 Å². The first-order valence-corrected chi connectivity index (χ1v) is 7.76. The Hall–Kier alpha value is -0.650. The Morgan fingerprint density at radius 1 is 1.32 bits per heavy atom. The lowest BCUT2D eigenvalue weighted by Crippen LogP contribution is -2.35. The molecule has 5 heteroatoms. The van der Waals surface area contributed by atoms with Gasteiger partial charge in [0.15, 0.2) is 0 Å². The minimum absolute atomic E-state index is 0.633. The van der Waals surface area contributed by atoms with Gasteiger partial charge in [-0.25, -0.2) is 0 Å². The van der Waals surface area contributed by atoms with Crippen molar-refractivity contribution in [1.29, 1.82) is 0 Å². The zero-order valence-electron chi connectivity index (χ0n) is 10.5. The van der Waals surface area contributed by atoms with Crippen LogP contribution in [0.25, 0.3) is 0 Å². The number of hydrogen-bond acceptors (Lipinski definition) is 2. The molecule has 0 spiro atoms. The van der Waals surface area contributed by atoms with E-state index in [-0.39, 0.29) is 0 Å². The zero-order chi connectivity index (χ0) is 13.6. The molecule has 1 aliphatic carbocycles. The second-order valence-electron chi connectivity index (χ2n) is 5.09. The first kappa shape index (κ1) is 13.3. The van der Waals surface area contributed by atoms with Gasteiger partial charge in [0.1, 0.15) is 5.60 Å². The number of nitrogens with zero attached hydrogens (tertiary/aromatic N) is 2. The van der Waals surface area contributed by atoms with E-state index in [0.717, 1.165) is 21.1 Å². The van der Waals surface area contributed by atoms with Gasteiger partial charge in [0, 0.05) is 17.9 Å². The molecule has 0 radical (unpaired) electrons. The van der Waals surface area contributed by atoms with Crippen molar-refractivity contribution in [3.8, 4) is 0 Å². The van der Waals surface area contributed by atoms with E-state index in [9.17, 15) is 5.11 Å². The van der Waals surface area contributed by atoms with Crippen LogP contribution in [0.4, 0.5) is 0 Å². The third-order valence-corrected chi connectivity index (χ3v) is 4.87. The van der Waals surface area contributed by atoms with Gasteiger partial charge in [-0.3, -0.25) is 4.68 Å². The smallest absolute Gasteiger partial charge is 0.112 e. The maximum atomic E-state index is 11.0. The predicted octanol–water partition coefficient (Wildman–Crippen LogP) is 3.32. The van der Waals surface area contributed by atoms with Crippen molar-refractivity contribution < 1.29 is 5.11 Å². The quantitative estimate of drug-likeness (QED) is 0.817. The molecule has 100 valence electrons. The summed E-state index contributed by atoms with van der Waals surface area (Å²) < 4.78 is 3.73. The SMILES string of the molecule is Cn1ncc(Br)c1C1(O)CCc2cc(Br)ccc2C1. The Morgan fingerprint density at radius 2 is 2.11 bits per heavy atom. The Bertz CT molecular complexity index is 619. The number of aryl methyl sites for hydroxylation is 2. The lowest BCUT2D eigenvalue weighted by Gasteiger charge is -2.34. The molecule has 0 aliphatic heterocycles. The first-order chi connectivity index (χ1) is 8.99. The lowest BCUT2D eigenvalue weighted by molar-refractivity contribution is 0.0136. The van der Waals surface area contributed by atoms with Gasteiger partial charge in [-0.15, -0.1) is 0 Å². The van der Waals surface area contributed by atoms with E-state index >= 15 is 0 Å². The number of aliphatic hydroxyl groups is 1. The van der Waals surface area contributed by atoms with Gasteiger partial charge in [-0.1, -0.05) is 22.0 Å². The van der Waals surface area contributed by atoms with Crippen molar-refractivity contribution in [2.45, 2.75) is 24.9 Å². The van der Waals surface area contributed by atoms with Crippen LogP contribution in [0.3, 0.4) is 0 Å². The van der Waals surface area contributed by atoms with Crippen LogP contribution in [0.15, 0.2) is 33.3 Å². The Kier molecular flexibility index (Phi) is 3.31. The van der Waals surface area contributed by atoms with Gasteiger partial charge >= 0.3 is 0 Å². The van der Waals surface area contributed by atoms with E-state index in [2.05, 4.69) is 49.1 Å². The second-order valence-corrected chi connectivity index (χ2v) is 6.86. The first-order valence-electron chi connectivity index (χ1n) is 6.17. The Labute approximate surface area is 128 Å². The molecule has 1 N–H and O–H groups in total. The fourth-order valence-electron chi connectivity index (χ4n) is 2.88. The van der Waals surface area contributed by atoms with Gasteiger partial charge in [0.25, 0.3) is 0 Å². The minimum atomic E-state index is -0.842. The van der Waals surface area contributed by atoms with Crippen molar-refractivity contribution in [3.63, 3.8) is 0 Å². The molecule has 1 aromatic carbocycles. The maximum Gasteiger partial charge on any atom is 0.112 e. The summed E-state index contributed by atoms with van der Waals surface area (Å²) in [4.78, 5) is 0. The van der Waals surface area contributed by atoms with E-state index in [1.807, 2.05) is 13.1 Å². The Morgan fingerprint density at radius 3 is 2.79 bits per heavy atom. The van der Waals surface area contributed by atoms with Crippen LogP contribution in [-0.4, -0.2) is 14.9 Å². The average molecular weight is 386 g/mol. The van der Waals surface area contributed by atoms with Gasteiger partial charge in [-0.2, -0.15) is 5.10 Å². The molecule has 1 unspecified atom stereocenters. The number of fused-ring (bicyclic) bond motifs is 1. The second kappa shape index (κ2) is 4.72. The highest BCUT2D eigenvalue weighted by atomic mass is 79.9. The third-order valence-electron chi connectivity index (χ3n) is 3.79. The fourth-order valence-corrected chi connectivity index (χ4v) is 4.01. The highest BCUT2D eigenvalue weighted by Crippen LogP contribution is 2.39. The molecule has 0 saturated carbocycles. The van der Waals surface area contributed by atoms with Gasteiger partial charge < -0.3 is 5.11 Å². The summed E-state index contributed by atoms with van der Waals surface area (Å²) in [5, 5.41) is 15.2. The summed E-state index contributed by atoms with van der Waals surface area (Å²) in [6.45, 7) is 0. The van der Waals surface area contributed by atoms with Crippen LogP contribution in [0, 0.1) is 0 Å². The highest BCUT2D eigenvalue weighted by Gasteiger charge is 2.37. The van der Waals surface area contributed by atoms with E-state index in [0.29, 0.717) is 12.8 Å². The molecule has 2 aromatic rings. The molecule has 0 fully saturated rings. The van der Waals surface area contributed by atoms with Crippen molar-refractivity contribution in [2.24, 2.45) is 7.05 Å². The normalized spacial score (nSPS) is 22.3. The summed E-state index contributed by atoms with van der Waals surface area (Å²) in [5.41, 5.74) is 2.55. The molecule has 1 heterocycles. The van der Waals surface area contributed by atoms with Crippen LogP contribution in [-0.2, 0) is 25.5 Å². The third kappa shape index (κ3) is 2.28. The molecule has 0 saturated heterocycles. The van der Waals surface area contributed by atoms with Crippen LogP contribution in [0.2, 0.25) is 0 Å². The van der Waals surface area contributed by atoms with E-state index < -0.39 is 5.60 Å². The fraction of sp³-hybridized carbons (Fsp3) is 0.357. The summed E-state index contributed by atoms with van der Waals surface area (Å²) in [7, 11) is 1.87. The molecule has 3 rings (SSSR count). The summed E-state index contributed by atoms with van der Waals surface area (Å²) in [6.07, 6.45) is 3.97. The monoisotopic (exact) mass is 384 g/mol. The Balaban J connectivity index is 2.03. The highest BCUT2D eigenvalue weighted by molar-refractivity contribution is 9.10. The molecule has 0 bridgehead atoms. The molecule has 19 heavy (non-hydrogen) atoms. The van der Waals surface area contributed by atoms with Crippen LogP contribution >= 0.6 is 31.9 Å². The molecule has 0 amide bonds. The topological polar surface area (TPSA) is 38.0 Å². The summed E-state index contributed by atoms with van der Waals surface area (Å²) in [6, 6.07) is 6.27. The van der Waals surface area contributed by atoms with Crippen LogP contribution in [0.5, 0.6) is 0 Å². The molecular weight excluding hydrogens is 372 g/mol. The molecule has 1 atom stereocenters. The van der Waals surface area contributed by atoms with Crippen molar-refractivity contribution >= 4 is 31.9 Å². The van der Waals surface area contributed by atoms with Crippen molar-refractivity contribution in [2.75, 3.05) is 0 Å². The standard InChI is InChI=1S/C14H14Br2N2O/c1-18-13(12(16)8-17-18)14(19)5-4-9-6-11(15)3-2-10(9)7-14/h2-3,6,8,19H,4-5,7H2,1H3. The van der Waals surface area contributed by atoms with E-state index in [1.165, 1.54) is 11.1 Å². The average Bonchev–Trinajstić information content (AvgIpc) is 2.70. The molecule has 1 aromatic heterocycles. The minimum Gasteiger partial charge on any atom is -0.383 e. The van der Waals surface area contributed by atoms with Crippen LogP contribution in [0.1, 0.15) is 23.2 Å². The van der Waals surface area contributed by atoms with Crippen molar-refractivity contribution in [1.82, 2.24) is 9.78 Å². The van der Waals surface area contributed by atoms with E-state index in [4.69, 9.17) is 0 Å². The van der Waals surface area contributed by atoms with E-state index in [1.54, 1.807) is 10.9 Å². The predicted molar refractivity (Wildman–Crippen MR) is 81.0 cm³/mol. The molecule has 3 nitrogen and oxygen atoms in total. The molecular formula is C14H14Br2N2O. The largest absolute Gasteiger partial charge is 0.383 e. The number of halogens is 2. The number of benzene rings is 1. The number of hydrogen-bond donors (Lipinski definition) is 1. The number of rotatable bonds is 1. The summed E-state index contributed by atoms with van der Waals surface area (Å²) >= 11 is 6.99. The van der Waals surface area contributed by atoms with Gasteiger partial charge in [0.05, 0.1) is 16.4 Å². The number of aromatic nitrogens is 2. The summed E-state index contributed by atoms with van der Waals surface area (Å²) in [5.74, 6) is 0. The van der Waals surface area contributed by atoms with Gasteiger partial charge in [-0.05, 0) is 52.0 Å². The zero-order valence-corrected chi connectivity index (χ0v) is 13.7. The lowest BCUT2D eigenvalue weighted by atomic mass is 9.78. The van der Waals surface area contributed by atoms with Gasteiger partial charge in [0.2, 0.25) is 0 Å². The maximum absolute atomic E-state index is 11.0. The molecule has 1 aliphatic rings. The van der Waals surface area contributed by atoms with Crippen molar-refractivity contribution in [3.05, 3.63) is 50.2 Å².